The normalized spacial score (nSPS) is 18.5. The van der Waals surface area contributed by atoms with Crippen LogP contribution in [0.5, 0.6) is 0 Å². The van der Waals surface area contributed by atoms with E-state index >= 15 is 0 Å². The van der Waals surface area contributed by atoms with E-state index in [1.807, 2.05) is 6.92 Å². The summed E-state index contributed by atoms with van der Waals surface area (Å²) in [5.74, 6) is -0.268. The van der Waals surface area contributed by atoms with Crippen LogP contribution in [0.2, 0.25) is 0 Å². The average molecular weight is 241 g/mol. The maximum atomic E-state index is 11.9. The standard InChI is InChI=1S/C12H23N3O2/c1-3-15(2)10(16)9-14-11(17)12(13)7-5-4-6-8-12/h3-9,13H2,1-2H3,(H,14,17). The Bertz CT molecular complexity index is 285. The van der Waals surface area contributed by atoms with Gasteiger partial charge < -0.3 is 16.0 Å². The van der Waals surface area contributed by atoms with Gasteiger partial charge in [0.1, 0.15) is 0 Å². The minimum absolute atomic E-state index is 0.0438. The molecular formula is C12H23N3O2. The highest BCUT2D eigenvalue weighted by Crippen LogP contribution is 2.25. The van der Waals surface area contributed by atoms with Crippen molar-refractivity contribution < 1.29 is 9.59 Å². The van der Waals surface area contributed by atoms with Gasteiger partial charge >= 0.3 is 0 Å². The lowest BCUT2D eigenvalue weighted by atomic mass is 9.82. The van der Waals surface area contributed by atoms with Gasteiger partial charge in [0.2, 0.25) is 11.8 Å². The maximum Gasteiger partial charge on any atom is 0.241 e. The fraction of sp³-hybridized carbons (Fsp3) is 0.833. The van der Waals surface area contributed by atoms with Crippen molar-refractivity contribution in [3.8, 4) is 0 Å². The third-order valence-corrected chi connectivity index (χ3v) is 3.50. The third kappa shape index (κ3) is 3.70. The Balaban J connectivity index is 2.41. The van der Waals surface area contributed by atoms with Crippen LogP contribution in [0.15, 0.2) is 0 Å². The van der Waals surface area contributed by atoms with E-state index in [2.05, 4.69) is 5.32 Å². The lowest BCUT2D eigenvalue weighted by Crippen LogP contribution is -2.56. The average Bonchev–Trinajstić information content (AvgIpc) is 2.35. The van der Waals surface area contributed by atoms with Crippen LogP contribution in [-0.2, 0) is 9.59 Å². The molecule has 1 fully saturated rings. The summed E-state index contributed by atoms with van der Waals surface area (Å²) in [5.41, 5.74) is 5.30. The maximum absolute atomic E-state index is 11.9. The van der Waals surface area contributed by atoms with Gasteiger partial charge in [0.15, 0.2) is 0 Å². The van der Waals surface area contributed by atoms with Crippen LogP contribution in [-0.4, -0.2) is 42.4 Å². The van der Waals surface area contributed by atoms with Crippen molar-refractivity contribution in [2.24, 2.45) is 5.73 Å². The third-order valence-electron chi connectivity index (χ3n) is 3.50. The van der Waals surface area contributed by atoms with Crippen LogP contribution in [0, 0.1) is 0 Å². The van der Waals surface area contributed by atoms with Gasteiger partial charge in [-0.15, -0.1) is 0 Å². The molecule has 0 unspecified atom stereocenters. The number of carbonyl (C=O) groups excluding carboxylic acids is 2. The zero-order chi connectivity index (χ0) is 12.9. The summed E-state index contributed by atoms with van der Waals surface area (Å²) in [6.45, 7) is 2.58. The molecule has 1 saturated carbocycles. The first-order valence-electron chi connectivity index (χ1n) is 6.31. The summed E-state index contributed by atoms with van der Waals surface area (Å²) in [4.78, 5) is 25.0. The van der Waals surface area contributed by atoms with Crippen molar-refractivity contribution in [1.82, 2.24) is 10.2 Å². The van der Waals surface area contributed by atoms with Gasteiger partial charge in [0, 0.05) is 13.6 Å². The zero-order valence-corrected chi connectivity index (χ0v) is 10.8. The van der Waals surface area contributed by atoms with Crippen molar-refractivity contribution in [2.75, 3.05) is 20.1 Å². The molecule has 1 aliphatic rings. The molecule has 3 N–H and O–H groups in total. The van der Waals surface area contributed by atoms with E-state index < -0.39 is 5.54 Å². The number of nitrogens with zero attached hydrogens (tertiary/aromatic N) is 1. The molecule has 5 nitrogen and oxygen atoms in total. The first kappa shape index (κ1) is 14.0. The Hall–Kier alpha value is -1.10. The Morgan fingerprint density at radius 2 is 1.88 bits per heavy atom. The summed E-state index contributed by atoms with van der Waals surface area (Å²) in [6, 6.07) is 0. The van der Waals surface area contributed by atoms with Gasteiger partial charge in [0.25, 0.3) is 0 Å². The molecule has 5 heteroatoms. The number of carbonyl (C=O) groups is 2. The molecule has 0 atom stereocenters. The van der Waals surface area contributed by atoms with Gasteiger partial charge in [-0.2, -0.15) is 0 Å². The lowest BCUT2D eigenvalue weighted by Gasteiger charge is -2.31. The molecule has 0 saturated heterocycles. The highest BCUT2D eigenvalue weighted by molar-refractivity contribution is 5.90. The topological polar surface area (TPSA) is 75.4 Å². The van der Waals surface area contributed by atoms with Gasteiger partial charge in [-0.25, -0.2) is 0 Å². The van der Waals surface area contributed by atoms with Crippen LogP contribution in [0.25, 0.3) is 0 Å². The molecule has 98 valence electrons. The summed E-state index contributed by atoms with van der Waals surface area (Å²) in [7, 11) is 1.72. The van der Waals surface area contributed by atoms with Crippen molar-refractivity contribution in [1.29, 1.82) is 0 Å². The second kappa shape index (κ2) is 6.00. The molecule has 0 radical (unpaired) electrons. The summed E-state index contributed by atoms with van der Waals surface area (Å²) in [5, 5.41) is 2.65. The number of likely N-dealkylation sites (N-methyl/N-ethyl adjacent to an activating group) is 1. The van der Waals surface area contributed by atoms with Crippen LogP contribution < -0.4 is 11.1 Å². The first-order valence-corrected chi connectivity index (χ1v) is 6.31. The largest absolute Gasteiger partial charge is 0.345 e. The highest BCUT2D eigenvalue weighted by atomic mass is 16.2. The molecule has 0 spiro atoms. The van der Waals surface area contributed by atoms with E-state index in [9.17, 15) is 9.59 Å². The SMILES string of the molecule is CCN(C)C(=O)CNC(=O)C1(N)CCCCC1. The molecule has 0 aromatic rings. The van der Waals surface area contributed by atoms with Gasteiger partial charge in [-0.05, 0) is 19.8 Å². The van der Waals surface area contributed by atoms with Gasteiger partial charge in [-0.3, -0.25) is 9.59 Å². The molecule has 0 bridgehead atoms. The van der Waals surface area contributed by atoms with Crippen molar-refractivity contribution >= 4 is 11.8 Å². The Kier molecular flexibility index (Phi) is 4.93. The van der Waals surface area contributed by atoms with Crippen molar-refractivity contribution in [3.05, 3.63) is 0 Å². The quantitative estimate of drug-likeness (QED) is 0.740. The highest BCUT2D eigenvalue weighted by Gasteiger charge is 2.35. The lowest BCUT2D eigenvalue weighted by molar-refractivity contribution is -0.133. The monoisotopic (exact) mass is 241 g/mol. The van der Waals surface area contributed by atoms with Gasteiger partial charge in [0.05, 0.1) is 12.1 Å². The predicted octanol–water partition coefficient (Wildman–Crippen LogP) is 0.243. The van der Waals surface area contributed by atoms with Crippen molar-refractivity contribution in [3.63, 3.8) is 0 Å². The molecule has 1 rings (SSSR count). The number of rotatable bonds is 4. The molecule has 1 aliphatic carbocycles. The van der Waals surface area contributed by atoms with E-state index in [-0.39, 0.29) is 18.4 Å². The number of nitrogens with one attached hydrogen (secondary N) is 1. The Morgan fingerprint density at radius 3 is 2.41 bits per heavy atom. The van der Waals surface area contributed by atoms with E-state index in [0.717, 1.165) is 32.1 Å². The molecule has 0 aliphatic heterocycles. The molecule has 17 heavy (non-hydrogen) atoms. The second-order valence-electron chi connectivity index (χ2n) is 4.81. The van der Waals surface area contributed by atoms with E-state index in [1.54, 1.807) is 11.9 Å². The molecule has 0 aromatic heterocycles. The molecule has 2 amide bonds. The zero-order valence-electron chi connectivity index (χ0n) is 10.8. The van der Waals surface area contributed by atoms with Crippen LogP contribution in [0.3, 0.4) is 0 Å². The van der Waals surface area contributed by atoms with E-state index in [0.29, 0.717) is 6.54 Å². The first-order chi connectivity index (χ1) is 7.99. The Morgan fingerprint density at radius 1 is 1.29 bits per heavy atom. The number of amides is 2. The van der Waals surface area contributed by atoms with Crippen LogP contribution in [0.1, 0.15) is 39.0 Å². The number of hydrogen-bond donors (Lipinski definition) is 2. The predicted molar refractivity (Wildman–Crippen MR) is 66.3 cm³/mol. The molecule has 0 aromatic carbocycles. The number of hydrogen-bond acceptors (Lipinski definition) is 3. The minimum Gasteiger partial charge on any atom is -0.345 e. The van der Waals surface area contributed by atoms with Crippen LogP contribution in [0.4, 0.5) is 0 Å². The smallest absolute Gasteiger partial charge is 0.241 e. The number of nitrogens with two attached hydrogens (primary N) is 1. The van der Waals surface area contributed by atoms with Crippen molar-refractivity contribution in [2.45, 2.75) is 44.6 Å². The molecular weight excluding hydrogens is 218 g/mol. The summed E-state index contributed by atoms with van der Waals surface area (Å²) < 4.78 is 0. The van der Waals surface area contributed by atoms with E-state index in [1.165, 1.54) is 0 Å². The fourth-order valence-corrected chi connectivity index (χ4v) is 2.05. The summed E-state index contributed by atoms with van der Waals surface area (Å²) >= 11 is 0. The minimum atomic E-state index is -0.761. The fourth-order valence-electron chi connectivity index (χ4n) is 2.05. The van der Waals surface area contributed by atoms with Gasteiger partial charge in [-0.1, -0.05) is 19.3 Å². The Labute approximate surface area is 103 Å². The molecule has 0 heterocycles. The van der Waals surface area contributed by atoms with Crippen LogP contribution >= 0.6 is 0 Å². The second-order valence-corrected chi connectivity index (χ2v) is 4.81. The van der Waals surface area contributed by atoms with E-state index in [4.69, 9.17) is 5.73 Å². The summed E-state index contributed by atoms with van der Waals surface area (Å²) in [6.07, 6.45) is 4.57.